The van der Waals surface area contributed by atoms with Crippen LogP contribution in [0.25, 0.3) is 11.4 Å². The van der Waals surface area contributed by atoms with E-state index in [-0.39, 0.29) is 17.7 Å². The summed E-state index contributed by atoms with van der Waals surface area (Å²) in [7, 11) is 0. The van der Waals surface area contributed by atoms with Gasteiger partial charge in [0.2, 0.25) is 5.82 Å². The summed E-state index contributed by atoms with van der Waals surface area (Å²) >= 11 is 0. The molecular formula is C12H9F4N3O3. The molecular weight excluding hydrogens is 310 g/mol. The van der Waals surface area contributed by atoms with Crippen LogP contribution in [0.3, 0.4) is 0 Å². The molecule has 22 heavy (non-hydrogen) atoms. The number of benzene rings is 1. The van der Waals surface area contributed by atoms with Crippen LogP contribution in [0, 0.1) is 5.82 Å². The van der Waals surface area contributed by atoms with Crippen LogP contribution in [0.2, 0.25) is 0 Å². The molecule has 0 saturated heterocycles. The van der Waals surface area contributed by atoms with Crippen LogP contribution >= 0.6 is 0 Å². The van der Waals surface area contributed by atoms with Crippen LogP contribution in [0.4, 0.5) is 17.6 Å². The van der Waals surface area contributed by atoms with Gasteiger partial charge in [0.05, 0.1) is 12.2 Å². The van der Waals surface area contributed by atoms with Gasteiger partial charge in [0.1, 0.15) is 5.82 Å². The Balaban J connectivity index is 2.26. The van der Waals surface area contributed by atoms with E-state index in [4.69, 9.17) is 0 Å². The van der Waals surface area contributed by atoms with Crippen LogP contribution in [-0.2, 0) is 11.0 Å². The highest BCUT2D eigenvalue weighted by molar-refractivity contribution is 5.93. The van der Waals surface area contributed by atoms with Crippen LogP contribution in [0.5, 0.6) is 0 Å². The average molecular weight is 319 g/mol. The maximum atomic E-state index is 13.9. The topological polar surface area (TPSA) is 77.2 Å². The molecule has 0 aliphatic heterocycles. The van der Waals surface area contributed by atoms with Gasteiger partial charge in [-0.05, 0) is 25.1 Å². The highest BCUT2D eigenvalue weighted by Gasteiger charge is 2.38. The number of hydroxylamine groups is 1. The van der Waals surface area contributed by atoms with E-state index in [0.717, 1.165) is 12.1 Å². The van der Waals surface area contributed by atoms with Crippen molar-refractivity contribution in [2.75, 3.05) is 6.61 Å². The first-order valence-electron chi connectivity index (χ1n) is 5.96. The predicted molar refractivity (Wildman–Crippen MR) is 63.8 cm³/mol. The van der Waals surface area contributed by atoms with E-state index in [1.54, 1.807) is 6.92 Å². The molecule has 10 heteroatoms. The summed E-state index contributed by atoms with van der Waals surface area (Å²) in [4.78, 5) is 19.3. The molecule has 118 valence electrons. The number of halogens is 4. The zero-order valence-electron chi connectivity index (χ0n) is 11.1. The summed E-state index contributed by atoms with van der Waals surface area (Å²) in [5, 5.41) is 3.07. The molecule has 0 aliphatic carbocycles. The van der Waals surface area contributed by atoms with Crippen molar-refractivity contribution in [3.8, 4) is 11.4 Å². The lowest BCUT2D eigenvalue weighted by molar-refractivity contribution is -0.159. The molecule has 1 amide bonds. The number of amides is 1. The quantitative estimate of drug-likeness (QED) is 0.692. The number of rotatable bonds is 4. The van der Waals surface area contributed by atoms with E-state index in [1.165, 1.54) is 6.07 Å². The molecule has 0 spiro atoms. The zero-order valence-corrected chi connectivity index (χ0v) is 11.1. The lowest BCUT2D eigenvalue weighted by Gasteiger charge is -2.05. The number of alkyl halides is 3. The third-order valence-corrected chi connectivity index (χ3v) is 2.45. The second-order valence-electron chi connectivity index (χ2n) is 3.98. The first-order valence-corrected chi connectivity index (χ1v) is 5.96. The van der Waals surface area contributed by atoms with Crippen LogP contribution in [0.1, 0.15) is 23.2 Å². The zero-order chi connectivity index (χ0) is 16.3. The smallest absolute Gasteiger partial charge is 0.329 e. The molecule has 1 aromatic heterocycles. The molecule has 0 atom stereocenters. The third kappa shape index (κ3) is 3.39. The maximum Gasteiger partial charge on any atom is 0.471 e. The number of hydrogen-bond acceptors (Lipinski definition) is 5. The van der Waals surface area contributed by atoms with Crippen molar-refractivity contribution >= 4 is 5.91 Å². The lowest BCUT2D eigenvalue weighted by atomic mass is 10.1. The van der Waals surface area contributed by atoms with Gasteiger partial charge < -0.3 is 4.52 Å². The average Bonchev–Trinajstić information content (AvgIpc) is 2.94. The number of nitrogens with zero attached hydrogens (tertiary/aromatic N) is 2. The largest absolute Gasteiger partial charge is 0.471 e. The Hall–Kier alpha value is -2.49. The molecule has 0 bridgehead atoms. The molecule has 6 nitrogen and oxygen atoms in total. The number of nitrogens with one attached hydrogen (secondary N) is 1. The second-order valence-corrected chi connectivity index (χ2v) is 3.98. The minimum Gasteiger partial charge on any atom is -0.329 e. The molecule has 1 heterocycles. The first kappa shape index (κ1) is 15.9. The summed E-state index contributed by atoms with van der Waals surface area (Å²) < 4.78 is 55.0. The Bertz CT molecular complexity index is 684. The summed E-state index contributed by atoms with van der Waals surface area (Å²) in [5.41, 5.74) is 1.65. The van der Waals surface area contributed by atoms with Gasteiger partial charge >= 0.3 is 12.1 Å². The summed E-state index contributed by atoms with van der Waals surface area (Å²) in [5.74, 6) is -3.82. The summed E-state index contributed by atoms with van der Waals surface area (Å²) in [6.07, 6.45) is -4.82. The number of carbonyl (C=O) groups excluding carboxylic acids is 1. The normalized spacial score (nSPS) is 11.5. The Morgan fingerprint density at radius 3 is 2.68 bits per heavy atom. The lowest BCUT2D eigenvalue weighted by Crippen LogP contribution is -2.23. The molecule has 1 N–H and O–H groups in total. The standard InChI is InChI=1S/C12H9F4N3O3/c1-2-21-19-10(20)6-3-4-7(8(13)5-6)9-17-11(22-18-9)12(14,15)16/h3-5H,2H2,1H3,(H,19,20). The van der Waals surface area contributed by atoms with Gasteiger partial charge in [-0.1, -0.05) is 5.16 Å². The molecule has 0 unspecified atom stereocenters. The fraction of sp³-hybridized carbons (Fsp3) is 0.250. The Labute approximate surface area is 121 Å². The first-order chi connectivity index (χ1) is 10.3. The molecule has 2 rings (SSSR count). The van der Waals surface area contributed by atoms with Crippen molar-refractivity contribution in [3.63, 3.8) is 0 Å². The van der Waals surface area contributed by atoms with E-state index in [2.05, 4.69) is 25.0 Å². The van der Waals surface area contributed by atoms with Crippen molar-refractivity contribution in [3.05, 3.63) is 35.5 Å². The number of hydrogen-bond donors (Lipinski definition) is 1. The Kier molecular flexibility index (Phi) is 4.40. The Morgan fingerprint density at radius 1 is 1.41 bits per heavy atom. The van der Waals surface area contributed by atoms with Crippen LogP contribution < -0.4 is 5.48 Å². The SMILES string of the molecule is CCONC(=O)c1ccc(-c2noc(C(F)(F)F)n2)c(F)c1. The molecule has 0 fully saturated rings. The summed E-state index contributed by atoms with van der Waals surface area (Å²) in [6, 6.07) is 3.09. The Morgan fingerprint density at radius 2 is 2.14 bits per heavy atom. The monoisotopic (exact) mass is 319 g/mol. The summed E-state index contributed by atoms with van der Waals surface area (Å²) in [6.45, 7) is 1.85. The molecule has 2 aromatic rings. The van der Waals surface area contributed by atoms with Gasteiger partial charge in [-0.25, -0.2) is 9.87 Å². The van der Waals surface area contributed by atoms with E-state index in [1.807, 2.05) is 0 Å². The number of carbonyl (C=O) groups is 1. The van der Waals surface area contributed by atoms with Crippen molar-refractivity contribution in [2.45, 2.75) is 13.1 Å². The van der Waals surface area contributed by atoms with Crippen LogP contribution in [-0.4, -0.2) is 22.7 Å². The van der Waals surface area contributed by atoms with E-state index in [0.29, 0.717) is 0 Å². The molecule has 0 radical (unpaired) electrons. The minimum absolute atomic E-state index is 0.0748. The maximum absolute atomic E-state index is 13.9. The highest BCUT2D eigenvalue weighted by Crippen LogP contribution is 2.30. The van der Waals surface area contributed by atoms with Gasteiger partial charge in [-0.15, -0.1) is 0 Å². The van der Waals surface area contributed by atoms with Crippen LogP contribution in [0.15, 0.2) is 22.7 Å². The van der Waals surface area contributed by atoms with E-state index in [9.17, 15) is 22.4 Å². The van der Waals surface area contributed by atoms with E-state index >= 15 is 0 Å². The second kappa shape index (κ2) is 6.10. The van der Waals surface area contributed by atoms with Crippen molar-refractivity contribution in [1.29, 1.82) is 0 Å². The van der Waals surface area contributed by atoms with Gasteiger partial charge in [0, 0.05) is 5.56 Å². The third-order valence-electron chi connectivity index (χ3n) is 2.45. The number of aromatic nitrogens is 2. The fourth-order valence-corrected chi connectivity index (χ4v) is 1.48. The van der Waals surface area contributed by atoms with Crippen molar-refractivity contribution in [1.82, 2.24) is 15.6 Å². The predicted octanol–water partition coefficient (Wildman–Crippen LogP) is 2.58. The minimum atomic E-state index is -4.82. The molecule has 0 aliphatic rings. The van der Waals surface area contributed by atoms with Gasteiger partial charge in [-0.3, -0.25) is 9.63 Å². The molecule has 1 aromatic carbocycles. The van der Waals surface area contributed by atoms with Gasteiger partial charge in [-0.2, -0.15) is 18.2 Å². The van der Waals surface area contributed by atoms with Gasteiger partial charge in [0.15, 0.2) is 0 Å². The van der Waals surface area contributed by atoms with Gasteiger partial charge in [0.25, 0.3) is 5.91 Å². The fourth-order valence-electron chi connectivity index (χ4n) is 1.48. The van der Waals surface area contributed by atoms with Crippen molar-refractivity contribution in [2.24, 2.45) is 0 Å². The highest BCUT2D eigenvalue weighted by atomic mass is 19.4. The van der Waals surface area contributed by atoms with E-state index < -0.39 is 29.6 Å². The van der Waals surface area contributed by atoms with Crippen molar-refractivity contribution < 1.29 is 31.7 Å². The molecule has 0 saturated carbocycles.